The summed E-state index contributed by atoms with van der Waals surface area (Å²) in [6.07, 6.45) is 2.33. The first-order valence-corrected chi connectivity index (χ1v) is 6.77. The van der Waals surface area contributed by atoms with Crippen LogP contribution in [0.15, 0.2) is 36.5 Å². The number of rotatable bonds is 6. The Bertz CT molecular complexity index is 564. The molecule has 1 heterocycles. The van der Waals surface area contributed by atoms with Gasteiger partial charge in [0.15, 0.2) is 0 Å². The quantitative estimate of drug-likeness (QED) is 0.821. The Morgan fingerprint density at radius 3 is 2.70 bits per heavy atom. The monoisotopic (exact) mass is 273 g/mol. The van der Waals surface area contributed by atoms with Gasteiger partial charge in [-0.25, -0.2) is 5.48 Å². The van der Waals surface area contributed by atoms with Crippen molar-refractivity contribution in [1.29, 1.82) is 0 Å². The van der Waals surface area contributed by atoms with Crippen LogP contribution in [0.3, 0.4) is 0 Å². The van der Waals surface area contributed by atoms with Crippen molar-refractivity contribution in [2.75, 3.05) is 6.61 Å². The van der Waals surface area contributed by atoms with Gasteiger partial charge in [0.25, 0.3) is 5.91 Å². The third-order valence-electron chi connectivity index (χ3n) is 3.01. The summed E-state index contributed by atoms with van der Waals surface area (Å²) in [5.41, 5.74) is 5.04. The average Bonchev–Trinajstić information content (AvgIpc) is 2.88. The summed E-state index contributed by atoms with van der Waals surface area (Å²) in [5, 5.41) is 4.31. The Kier molecular flexibility index (Phi) is 4.90. The highest BCUT2D eigenvalue weighted by Crippen LogP contribution is 2.12. The van der Waals surface area contributed by atoms with Crippen LogP contribution in [-0.2, 0) is 17.8 Å². The lowest BCUT2D eigenvalue weighted by Crippen LogP contribution is -2.24. The van der Waals surface area contributed by atoms with Gasteiger partial charge in [0.1, 0.15) is 0 Å². The van der Waals surface area contributed by atoms with E-state index >= 15 is 0 Å². The zero-order chi connectivity index (χ0) is 14.4. The van der Waals surface area contributed by atoms with Crippen LogP contribution in [0.4, 0.5) is 0 Å². The van der Waals surface area contributed by atoms with Gasteiger partial charge in [0, 0.05) is 0 Å². The molecule has 1 amide bonds. The van der Waals surface area contributed by atoms with Gasteiger partial charge in [-0.05, 0) is 18.9 Å². The van der Waals surface area contributed by atoms with Gasteiger partial charge >= 0.3 is 0 Å². The molecule has 0 aliphatic heterocycles. The number of hydrogen-bond donors (Lipinski definition) is 1. The largest absolute Gasteiger partial charge is 0.278 e. The lowest BCUT2D eigenvalue weighted by Gasteiger charge is -2.08. The van der Waals surface area contributed by atoms with Gasteiger partial charge in [0.05, 0.1) is 30.6 Å². The predicted molar refractivity (Wildman–Crippen MR) is 76.2 cm³/mol. The number of amides is 1. The zero-order valence-corrected chi connectivity index (χ0v) is 11.8. The molecule has 0 saturated heterocycles. The summed E-state index contributed by atoms with van der Waals surface area (Å²) >= 11 is 0. The third-order valence-corrected chi connectivity index (χ3v) is 3.01. The van der Waals surface area contributed by atoms with Gasteiger partial charge in [-0.3, -0.25) is 14.3 Å². The van der Waals surface area contributed by atoms with E-state index in [1.807, 2.05) is 48.9 Å². The van der Waals surface area contributed by atoms with Crippen molar-refractivity contribution >= 4 is 5.91 Å². The van der Waals surface area contributed by atoms with Crippen molar-refractivity contribution < 1.29 is 9.63 Å². The molecule has 0 bridgehead atoms. The summed E-state index contributed by atoms with van der Waals surface area (Å²) in [6, 6.07) is 10.1. The second-order valence-corrected chi connectivity index (χ2v) is 4.37. The first kappa shape index (κ1) is 14.3. The molecule has 0 radical (unpaired) electrons. The molecule has 2 aromatic rings. The zero-order valence-electron chi connectivity index (χ0n) is 11.8. The molecule has 0 aliphatic carbocycles. The summed E-state index contributed by atoms with van der Waals surface area (Å²) in [5.74, 6) is -0.247. The number of benzene rings is 1. The predicted octanol–water partition coefficient (Wildman–Crippen LogP) is 2.18. The van der Waals surface area contributed by atoms with Crippen molar-refractivity contribution in [3.63, 3.8) is 0 Å². The highest BCUT2D eigenvalue weighted by Gasteiger charge is 2.16. The van der Waals surface area contributed by atoms with Crippen LogP contribution >= 0.6 is 0 Å². The maximum atomic E-state index is 12.0. The van der Waals surface area contributed by atoms with Crippen LogP contribution in [0.2, 0.25) is 0 Å². The van der Waals surface area contributed by atoms with Crippen LogP contribution in [-0.4, -0.2) is 22.3 Å². The number of carbonyl (C=O) groups excluding carboxylic acids is 1. The average molecular weight is 273 g/mol. The maximum Gasteiger partial charge on any atom is 0.278 e. The number of carbonyl (C=O) groups is 1. The van der Waals surface area contributed by atoms with Crippen LogP contribution in [0.25, 0.3) is 0 Å². The second-order valence-electron chi connectivity index (χ2n) is 4.37. The molecule has 5 nitrogen and oxygen atoms in total. The fraction of sp³-hybridized carbons (Fsp3) is 0.333. The SMILES string of the molecule is CCONC(=O)c1cnn(Cc2ccccc2)c1CC. The van der Waals surface area contributed by atoms with E-state index in [-0.39, 0.29) is 5.91 Å². The van der Waals surface area contributed by atoms with Crippen LogP contribution in [0.1, 0.15) is 35.5 Å². The minimum atomic E-state index is -0.247. The van der Waals surface area contributed by atoms with Crippen molar-refractivity contribution in [2.45, 2.75) is 26.8 Å². The molecule has 0 aliphatic rings. The highest BCUT2D eigenvalue weighted by molar-refractivity contribution is 5.94. The molecule has 0 spiro atoms. The first-order valence-electron chi connectivity index (χ1n) is 6.77. The van der Waals surface area contributed by atoms with Crippen molar-refractivity contribution in [3.05, 3.63) is 53.3 Å². The third kappa shape index (κ3) is 3.24. The standard InChI is InChI=1S/C15H19N3O2/c1-3-14-13(15(19)17-20-4-2)10-16-18(14)11-12-8-6-5-7-9-12/h5-10H,3-4,11H2,1-2H3,(H,17,19). The van der Waals surface area contributed by atoms with Crippen LogP contribution in [0.5, 0.6) is 0 Å². The van der Waals surface area contributed by atoms with E-state index in [9.17, 15) is 4.79 Å². The van der Waals surface area contributed by atoms with Gasteiger partial charge in [0.2, 0.25) is 0 Å². The van der Waals surface area contributed by atoms with Gasteiger partial charge in [-0.2, -0.15) is 5.10 Å². The van der Waals surface area contributed by atoms with Gasteiger partial charge in [-0.15, -0.1) is 0 Å². The van der Waals surface area contributed by atoms with Crippen molar-refractivity contribution in [2.24, 2.45) is 0 Å². The summed E-state index contributed by atoms with van der Waals surface area (Å²) < 4.78 is 1.86. The number of aromatic nitrogens is 2. The summed E-state index contributed by atoms with van der Waals surface area (Å²) in [7, 11) is 0. The highest BCUT2D eigenvalue weighted by atomic mass is 16.6. The molecule has 106 valence electrons. The van der Waals surface area contributed by atoms with E-state index in [2.05, 4.69) is 10.6 Å². The molecule has 20 heavy (non-hydrogen) atoms. The minimum absolute atomic E-state index is 0.247. The van der Waals surface area contributed by atoms with E-state index in [0.29, 0.717) is 18.7 Å². The normalized spacial score (nSPS) is 10.5. The smallest absolute Gasteiger partial charge is 0.274 e. The van der Waals surface area contributed by atoms with E-state index in [0.717, 1.165) is 17.7 Å². The molecule has 1 aromatic carbocycles. The van der Waals surface area contributed by atoms with Crippen molar-refractivity contribution in [1.82, 2.24) is 15.3 Å². The Balaban J connectivity index is 2.19. The number of hydroxylamine groups is 1. The molecule has 1 N–H and O–H groups in total. The van der Waals surface area contributed by atoms with E-state index in [1.165, 1.54) is 0 Å². The first-order chi connectivity index (χ1) is 9.76. The molecule has 2 rings (SSSR count). The second kappa shape index (κ2) is 6.86. The lowest BCUT2D eigenvalue weighted by molar-refractivity contribution is 0.0363. The maximum absolute atomic E-state index is 12.0. The molecule has 1 aromatic heterocycles. The van der Waals surface area contributed by atoms with Crippen molar-refractivity contribution in [3.8, 4) is 0 Å². The molecule has 5 heteroatoms. The molecule has 0 atom stereocenters. The summed E-state index contributed by atoms with van der Waals surface area (Å²) in [4.78, 5) is 16.9. The molecule has 0 fully saturated rings. The minimum Gasteiger partial charge on any atom is -0.274 e. The fourth-order valence-electron chi connectivity index (χ4n) is 2.06. The Labute approximate surface area is 118 Å². The number of hydrogen-bond acceptors (Lipinski definition) is 3. The topological polar surface area (TPSA) is 56.1 Å². The van der Waals surface area contributed by atoms with E-state index < -0.39 is 0 Å². The Morgan fingerprint density at radius 2 is 2.05 bits per heavy atom. The molecule has 0 unspecified atom stereocenters. The van der Waals surface area contributed by atoms with E-state index in [1.54, 1.807) is 6.20 Å². The van der Waals surface area contributed by atoms with Gasteiger partial charge < -0.3 is 0 Å². The van der Waals surface area contributed by atoms with E-state index in [4.69, 9.17) is 4.84 Å². The number of nitrogens with one attached hydrogen (secondary N) is 1. The molecular formula is C15H19N3O2. The van der Waals surface area contributed by atoms with Gasteiger partial charge in [-0.1, -0.05) is 37.3 Å². The summed E-state index contributed by atoms with van der Waals surface area (Å²) in [6.45, 7) is 4.92. The fourth-order valence-corrected chi connectivity index (χ4v) is 2.06. The molecular weight excluding hydrogens is 254 g/mol. The van der Waals surface area contributed by atoms with Crippen LogP contribution < -0.4 is 5.48 Å². The lowest BCUT2D eigenvalue weighted by atomic mass is 10.2. The van der Waals surface area contributed by atoms with Crippen LogP contribution in [0, 0.1) is 0 Å². The molecule has 0 saturated carbocycles. The Morgan fingerprint density at radius 1 is 1.30 bits per heavy atom. The Hall–Kier alpha value is -2.14. The number of nitrogens with zero attached hydrogens (tertiary/aromatic N) is 2.